The zero-order valence-electron chi connectivity index (χ0n) is 31.5. The maximum atomic E-state index is 13.3. The first kappa shape index (κ1) is 45.4. The Morgan fingerprint density at radius 3 is 2.29 bits per heavy atom. The van der Waals surface area contributed by atoms with Crippen molar-refractivity contribution in [3.05, 3.63) is 66.2 Å². The van der Waals surface area contributed by atoms with Gasteiger partial charge in [0.25, 0.3) is 5.91 Å². The normalized spacial score (nSPS) is 19.6. The van der Waals surface area contributed by atoms with E-state index in [-0.39, 0.29) is 41.8 Å². The number of nitrogens with two attached hydrogens (primary N) is 2. The number of anilines is 3. The second-order valence-electron chi connectivity index (χ2n) is 13.0. The average molecular weight is 784 g/mol. The van der Waals surface area contributed by atoms with Gasteiger partial charge in [-0.2, -0.15) is 5.11 Å². The lowest BCUT2D eigenvalue weighted by Gasteiger charge is -2.29. The van der Waals surface area contributed by atoms with Crippen LogP contribution in [0.1, 0.15) is 77.1 Å². The number of rotatable bonds is 13. The van der Waals surface area contributed by atoms with Crippen molar-refractivity contribution in [2.45, 2.75) is 91.1 Å². The molecule has 1 saturated heterocycles. The molecule has 1 aromatic heterocycles. The summed E-state index contributed by atoms with van der Waals surface area (Å²) in [5.41, 5.74) is 12.2. The zero-order valence-corrected chi connectivity index (χ0v) is 32.3. The first-order valence-corrected chi connectivity index (χ1v) is 17.7. The molecule has 0 saturated carbocycles. The number of para-hydroxylation sites is 1. The number of halogens is 1. The maximum Gasteiger partial charge on any atom is 0.332 e. The third-order valence-corrected chi connectivity index (χ3v) is 8.19. The molecule has 5 unspecified atom stereocenters. The lowest BCUT2D eigenvalue weighted by atomic mass is 9.92. The van der Waals surface area contributed by atoms with Gasteiger partial charge in [0.05, 0.1) is 22.9 Å². The van der Waals surface area contributed by atoms with Crippen LogP contribution in [0.2, 0.25) is 0 Å². The Bertz CT molecular complexity index is 1780. The van der Waals surface area contributed by atoms with Crippen molar-refractivity contribution < 1.29 is 43.3 Å². The number of hydrogen-bond donors (Lipinski definition) is 5. The number of nitrogens with one attached hydrogen (secondary N) is 2. The highest BCUT2D eigenvalue weighted by Gasteiger charge is 2.44. The number of nitrogen functional groups attached to an aromatic ring is 2. The minimum Gasteiger partial charge on any atom is -0.505 e. The molecule has 0 bridgehead atoms. The molecular formula is C38H50ClN7O9. The number of azo groups is 1. The van der Waals surface area contributed by atoms with Crippen LogP contribution in [0.4, 0.5) is 28.7 Å². The lowest BCUT2D eigenvalue weighted by molar-refractivity contribution is -0.175. The number of phenols is 1. The van der Waals surface area contributed by atoms with Crippen LogP contribution in [0.25, 0.3) is 0 Å². The number of aromatic hydroxyl groups is 1. The highest BCUT2D eigenvalue weighted by atomic mass is 35.5. The largest absolute Gasteiger partial charge is 0.505 e. The van der Waals surface area contributed by atoms with Crippen LogP contribution < -0.4 is 22.1 Å². The van der Waals surface area contributed by atoms with E-state index in [9.17, 15) is 29.1 Å². The van der Waals surface area contributed by atoms with Crippen LogP contribution in [0.15, 0.2) is 70.9 Å². The number of nitrogens with zero attached hydrogens (tertiary/aromatic N) is 3. The highest BCUT2D eigenvalue weighted by molar-refractivity contribution is 6.01. The molecule has 0 aliphatic carbocycles. The molecule has 17 heteroatoms. The van der Waals surface area contributed by atoms with Crippen molar-refractivity contribution >= 4 is 71.3 Å². The van der Waals surface area contributed by atoms with E-state index < -0.39 is 59.8 Å². The topological polar surface area (TPSA) is 247 Å². The van der Waals surface area contributed by atoms with Gasteiger partial charge in [-0.25, -0.2) is 9.78 Å². The van der Waals surface area contributed by atoms with E-state index in [1.807, 2.05) is 51.1 Å². The molecule has 298 valence electrons. The minimum atomic E-state index is -1.42. The van der Waals surface area contributed by atoms with Crippen LogP contribution in [-0.4, -0.2) is 64.7 Å². The van der Waals surface area contributed by atoms with E-state index in [0.717, 1.165) is 18.5 Å². The number of pyridine rings is 1. The molecule has 7 N–H and O–H groups in total. The summed E-state index contributed by atoms with van der Waals surface area (Å²) < 4.78 is 16.9. The van der Waals surface area contributed by atoms with Crippen LogP contribution >= 0.6 is 12.4 Å². The van der Waals surface area contributed by atoms with Crippen molar-refractivity contribution in [3.8, 4) is 5.75 Å². The van der Waals surface area contributed by atoms with Gasteiger partial charge >= 0.3 is 17.9 Å². The molecule has 16 nitrogen and oxygen atoms in total. The van der Waals surface area contributed by atoms with E-state index in [4.69, 9.17) is 25.7 Å². The molecule has 3 aromatic rings. The van der Waals surface area contributed by atoms with E-state index in [0.29, 0.717) is 30.8 Å². The van der Waals surface area contributed by atoms with E-state index >= 15 is 0 Å². The fourth-order valence-electron chi connectivity index (χ4n) is 5.40. The number of unbranched alkanes of at least 4 members (excludes halogenated alkanes) is 2. The quantitative estimate of drug-likeness (QED) is 0.0326. The van der Waals surface area contributed by atoms with Crippen LogP contribution in [0.5, 0.6) is 5.75 Å². The molecule has 1 aliphatic rings. The highest BCUT2D eigenvalue weighted by Crippen LogP contribution is 2.29. The fraction of sp³-hybridized carbons (Fsp3) is 0.421. The first-order chi connectivity index (χ1) is 25.7. The number of phenolic OH excluding ortho intramolecular Hbond substituents is 1. The standard InChI is InChI=1S/C27H38N2O9.C11H11N5.ClH/c1-6-7-8-10-19-24(38-21(31)13-15(2)3)17(5)37-27(35)22(16(4)36-26(19)34)29-25(33)18-11-9-12-20(23(18)32)28-14-30;12-10-7-6-9(11(13)14-10)16-15-8-4-2-1-3-5-8;/h9,11-12,14-17,19,22,24,32H,6-8,10,13H2,1-5H3,(H,28,30)(H,29,33);1-7H,(H4,12,13,14);1H. The number of carbonyl (C=O) groups excluding carboxylic acids is 5. The second kappa shape index (κ2) is 22.4. The van der Waals surface area contributed by atoms with Gasteiger partial charge in [-0.1, -0.05) is 64.3 Å². The van der Waals surface area contributed by atoms with Gasteiger partial charge in [0.2, 0.25) is 6.41 Å². The molecule has 0 radical (unpaired) electrons. The summed E-state index contributed by atoms with van der Waals surface area (Å²) in [7, 11) is 0. The summed E-state index contributed by atoms with van der Waals surface area (Å²) in [5.74, 6) is -3.63. The number of carbonyl (C=O) groups is 5. The lowest BCUT2D eigenvalue weighted by Crippen LogP contribution is -2.50. The number of esters is 3. The molecule has 5 atom stereocenters. The van der Waals surface area contributed by atoms with Crippen molar-refractivity contribution in [2.75, 3.05) is 16.8 Å². The van der Waals surface area contributed by atoms with E-state index in [1.165, 1.54) is 32.0 Å². The summed E-state index contributed by atoms with van der Waals surface area (Å²) >= 11 is 0. The van der Waals surface area contributed by atoms with Gasteiger partial charge in [-0.15, -0.1) is 17.5 Å². The van der Waals surface area contributed by atoms with Crippen LogP contribution in [0, 0.1) is 11.8 Å². The van der Waals surface area contributed by atoms with Crippen molar-refractivity contribution in [2.24, 2.45) is 22.1 Å². The molecular weight excluding hydrogens is 734 g/mol. The zero-order chi connectivity index (χ0) is 39.8. The number of hydrogen-bond acceptors (Lipinski definition) is 14. The van der Waals surface area contributed by atoms with Gasteiger partial charge in [-0.05, 0) is 62.6 Å². The van der Waals surface area contributed by atoms with E-state index in [1.54, 1.807) is 12.1 Å². The number of aromatic nitrogens is 1. The Hall–Kier alpha value is -5.77. The molecule has 4 rings (SSSR count). The predicted molar refractivity (Wildman–Crippen MR) is 208 cm³/mol. The van der Waals surface area contributed by atoms with Gasteiger partial charge in [0, 0.05) is 6.42 Å². The SMILES string of the molecule is CCCCCC1C(=O)OC(C)C(NC(=O)c2cccc(NC=O)c2O)C(=O)OC(C)C1OC(=O)CC(C)C.Cl.Nc1ccc(N=Nc2ccccc2)c(N)n1. The number of amides is 2. The molecule has 1 aliphatic heterocycles. The first-order valence-electron chi connectivity index (χ1n) is 17.7. The molecule has 2 amide bonds. The number of benzene rings is 2. The van der Waals surface area contributed by atoms with E-state index in [2.05, 4.69) is 25.8 Å². The van der Waals surface area contributed by atoms with Gasteiger partial charge in [0.1, 0.15) is 23.7 Å². The monoisotopic (exact) mass is 783 g/mol. The summed E-state index contributed by atoms with van der Waals surface area (Å²) in [6, 6.07) is 15.4. The summed E-state index contributed by atoms with van der Waals surface area (Å²) in [6.45, 7) is 8.70. The predicted octanol–water partition coefficient (Wildman–Crippen LogP) is 6.17. The fourth-order valence-corrected chi connectivity index (χ4v) is 5.40. The number of ether oxygens (including phenoxy) is 3. The van der Waals surface area contributed by atoms with Crippen LogP contribution in [-0.2, 0) is 33.4 Å². The average Bonchev–Trinajstić information content (AvgIpc) is 3.14. The Balaban J connectivity index is 0.000000510. The van der Waals surface area contributed by atoms with Crippen molar-refractivity contribution in [3.63, 3.8) is 0 Å². The molecule has 2 aromatic carbocycles. The van der Waals surface area contributed by atoms with Gasteiger partial charge < -0.3 is 41.4 Å². The Morgan fingerprint density at radius 1 is 0.964 bits per heavy atom. The third kappa shape index (κ3) is 13.9. The number of cyclic esters (lactones) is 2. The molecule has 0 spiro atoms. The molecule has 55 heavy (non-hydrogen) atoms. The maximum absolute atomic E-state index is 13.3. The van der Waals surface area contributed by atoms with Crippen molar-refractivity contribution in [1.29, 1.82) is 0 Å². The summed E-state index contributed by atoms with van der Waals surface area (Å²) in [6.07, 6.45) is 0.0639. The summed E-state index contributed by atoms with van der Waals surface area (Å²) in [5, 5.41) is 23.1. The van der Waals surface area contributed by atoms with Crippen molar-refractivity contribution in [1.82, 2.24) is 10.3 Å². The molecule has 1 fully saturated rings. The molecule has 2 heterocycles. The Labute approximate surface area is 326 Å². The Kier molecular flexibility index (Phi) is 18.5. The second-order valence-corrected chi connectivity index (χ2v) is 13.0. The van der Waals surface area contributed by atoms with Gasteiger partial charge in [0.15, 0.2) is 23.7 Å². The van der Waals surface area contributed by atoms with Crippen LogP contribution in [0.3, 0.4) is 0 Å². The summed E-state index contributed by atoms with van der Waals surface area (Å²) in [4.78, 5) is 66.6. The smallest absolute Gasteiger partial charge is 0.332 e. The minimum absolute atomic E-state index is 0. The Morgan fingerprint density at radius 2 is 1.65 bits per heavy atom. The van der Waals surface area contributed by atoms with Gasteiger partial charge in [-0.3, -0.25) is 19.2 Å². The third-order valence-electron chi connectivity index (χ3n) is 8.19.